The molecule has 1 atom stereocenters. The van der Waals surface area contributed by atoms with Crippen molar-refractivity contribution in [1.82, 2.24) is 25.5 Å². The first kappa shape index (κ1) is 15.1. The SMILES string of the molecule is CCCNC(Cc1nnn(C)n1)c1cccc(Br)c1F. The van der Waals surface area contributed by atoms with E-state index in [1.165, 1.54) is 4.80 Å². The first-order valence-electron chi connectivity index (χ1n) is 6.52. The Hall–Kier alpha value is -1.34. The van der Waals surface area contributed by atoms with E-state index in [0.29, 0.717) is 22.3 Å². The molecule has 1 aromatic heterocycles. The van der Waals surface area contributed by atoms with Crippen LogP contribution in [0.15, 0.2) is 22.7 Å². The number of benzene rings is 1. The molecular formula is C13H17BrFN5. The van der Waals surface area contributed by atoms with Crippen molar-refractivity contribution >= 4 is 15.9 Å². The van der Waals surface area contributed by atoms with Crippen LogP contribution < -0.4 is 5.32 Å². The molecule has 0 saturated carbocycles. The van der Waals surface area contributed by atoms with Crippen LogP contribution >= 0.6 is 15.9 Å². The molecule has 2 rings (SSSR count). The van der Waals surface area contributed by atoms with E-state index in [-0.39, 0.29) is 11.9 Å². The van der Waals surface area contributed by atoms with Crippen LogP contribution in [0.4, 0.5) is 4.39 Å². The highest BCUT2D eigenvalue weighted by atomic mass is 79.9. The van der Waals surface area contributed by atoms with E-state index < -0.39 is 0 Å². The summed E-state index contributed by atoms with van der Waals surface area (Å²) in [5, 5.41) is 15.3. The summed E-state index contributed by atoms with van der Waals surface area (Å²) < 4.78 is 14.7. The molecule has 0 radical (unpaired) electrons. The topological polar surface area (TPSA) is 55.6 Å². The number of aryl methyl sites for hydroxylation is 1. The molecule has 1 aromatic carbocycles. The standard InChI is InChI=1S/C13H17BrFN5/c1-3-7-16-11(8-12-17-19-20(2)18-12)9-5-4-6-10(14)13(9)15/h4-6,11,16H,3,7-8H2,1-2H3. The van der Waals surface area contributed by atoms with Crippen LogP contribution in [0.5, 0.6) is 0 Å². The van der Waals surface area contributed by atoms with Crippen LogP contribution in [-0.2, 0) is 13.5 Å². The predicted molar refractivity (Wildman–Crippen MR) is 77.6 cm³/mol. The quantitative estimate of drug-likeness (QED) is 0.876. The van der Waals surface area contributed by atoms with Crippen LogP contribution in [-0.4, -0.2) is 26.8 Å². The number of nitrogens with one attached hydrogen (secondary N) is 1. The number of rotatable bonds is 6. The van der Waals surface area contributed by atoms with Crippen molar-refractivity contribution in [3.05, 3.63) is 39.9 Å². The summed E-state index contributed by atoms with van der Waals surface area (Å²) in [6.45, 7) is 2.87. The maximum absolute atomic E-state index is 14.2. The lowest BCUT2D eigenvalue weighted by molar-refractivity contribution is 0.486. The van der Waals surface area contributed by atoms with E-state index in [2.05, 4.69) is 43.6 Å². The third-order valence-corrected chi connectivity index (χ3v) is 3.55. The Labute approximate surface area is 125 Å². The Morgan fingerprint density at radius 2 is 2.25 bits per heavy atom. The molecule has 0 fully saturated rings. The molecule has 0 spiro atoms. The Morgan fingerprint density at radius 1 is 1.45 bits per heavy atom. The largest absolute Gasteiger partial charge is 0.309 e. The fourth-order valence-electron chi connectivity index (χ4n) is 1.99. The van der Waals surface area contributed by atoms with E-state index in [1.54, 1.807) is 19.2 Å². The third kappa shape index (κ3) is 3.61. The summed E-state index contributed by atoms with van der Waals surface area (Å²) in [5.41, 5.74) is 0.611. The van der Waals surface area contributed by atoms with Crippen molar-refractivity contribution in [2.45, 2.75) is 25.8 Å². The van der Waals surface area contributed by atoms with Crippen molar-refractivity contribution in [2.75, 3.05) is 6.54 Å². The molecule has 1 unspecified atom stereocenters. The summed E-state index contributed by atoms with van der Waals surface area (Å²) in [5.74, 6) is 0.352. The molecule has 0 aliphatic carbocycles. The average molecular weight is 342 g/mol. The molecule has 0 bridgehead atoms. The van der Waals surface area contributed by atoms with Crippen molar-refractivity contribution in [3.8, 4) is 0 Å². The van der Waals surface area contributed by atoms with Gasteiger partial charge in [0.25, 0.3) is 0 Å². The van der Waals surface area contributed by atoms with Gasteiger partial charge in [0, 0.05) is 18.0 Å². The molecule has 108 valence electrons. The zero-order chi connectivity index (χ0) is 14.5. The molecule has 2 aromatic rings. The highest BCUT2D eigenvalue weighted by Gasteiger charge is 2.19. The van der Waals surface area contributed by atoms with E-state index in [4.69, 9.17) is 0 Å². The van der Waals surface area contributed by atoms with Gasteiger partial charge in [-0.2, -0.15) is 4.80 Å². The lowest BCUT2D eigenvalue weighted by atomic mass is 10.0. The Bertz CT molecular complexity index is 572. The molecule has 1 heterocycles. The van der Waals surface area contributed by atoms with Gasteiger partial charge >= 0.3 is 0 Å². The van der Waals surface area contributed by atoms with Crippen LogP contribution in [0.2, 0.25) is 0 Å². The van der Waals surface area contributed by atoms with E-state index >= 15 is 0 Å². The highest BCUT2D eigenvalue weighted by Crippen LogP contribution is 2.25. The monoisotopic (exact) mass is 341 g/mol. The number of nitrogens with zero attached hydrogens (tertiary/aromatic N) is 4. The van der Waals surface area contributed by atoms with E-state index in [9.17, 15) is 4.39 Å². The highest BCUT2D eigenvalue weighted by molar-refractivity contribution is 9.10. The van der Waals surface area contributed by atoms with Gasteiger partial charge in [-0.15, -0.1) is 10.2 Å². The van der Waals surface area contributed by atoms with Gasteiger partial charge in [-0.05, 0) is 40.2 Å². The molecule has 1 N–H and O–H groups in total. The fraction of sp³-hybridized carbons (Fsp3) is 0.462. The number of aromatic nitrogens is 4. The number of hydrogen-bond acceptors (Lipinski definition) is 4. The Balaban J connectivity index is 2.24. The molecule has 0 aliphatic rings. The maximum Gasteiger partial charge on any atom is 0.176 e. The van der Waals surface area contributed by atoms with Gasteiger partial charge in [0.05, 0.1) is 11.5 Å². The summed E-state index contributed by atoms with van der Waals surface area (Å²) >= 11 is 3.22. The van der Waals surface area contributed by atoms with Crippen molar-refractivity contribution in [3.63, 3.8) is 0 Å². The molecule has 7 heteroatoms. The van der Waals surface area contributed by atoms with Crippen molar-refractivity contribution in [1.29, 1.82) is 0 Å². The molecule has 0 saturated heterocycles. The predicted octanol–water partition coefficient (Wildman–Crippen LogP) is 2.40. The maximum atomic E-state index is 14.2. The average Bonchev–Trinajstić information content (AvgIpc) is 2.83. The van der Waals surface area contributed by atoms with E-state index in [1.807, 2.05) is 6.07 Å². The number of hydrogen-bond donors (Lipinski definition) is 1. The van der Waals surface area contributed by atoms with E-state index in [0.717, 1.165) is 13.0 Å². The molecule has 0 aliphatic heterocycles. The molecular weight excluding hydrogens is 325 g/mol. The normalized spacial score (nSPS) is 12.6. The van der Waals surface area contributed by atoms with Gasteiger partial charge in [0.1, 0.15) is 5.82 Å². The van der Waals surface area contributed by atoms with Crippen LogP contribution in [0.3, 0.4) is 0 Å². The lowest BCUT2D eigenvalue weighted by Crippen LogP contribution is -2.25. The lowest BCUT2D eigenvalue weighted by Gasteiger charge is -2.18. The first-order chi connectivity index (χ1) is 9.61. The van der Waals surface area contributed by atoms with Gasteiger partial charge in [0.2, 0.25) is 0 Å². The van der Waals surface area contributed by atoms with Gasteiger partial charge in [-0.3, -0.25) is 0 Å². The molecule has 5 nitrogen and oxygen atoms in total. The summed E-state index contributed by atoms with van der Waals surface area (Å²) in [6, 6.07) is 5.13. The minimum absolute atomic E-state index is 0.170. The zero-order valence-corrected chi connectivity index (χ0v) is 13.1. The van der Waals surface area contributed by atoms with Crippen molar-refractivity contribution < 1.29 is 4.39 Å². The molecule has 0 amide bonds. The summed E-state index contributed by atoms with van der Waals surface area (Å²) in [7, 11) is 1.71. The van der Waals surface area contributed by atoms with Crippen LogP contribution in [0.1, 0.15) is 30.8 Å². The van der Waals surface area contributed by atoms with Gasteiger partial charge in [-0.1, -0.05) is 19.1 Å². The van der Waals surface area contributed by atoms with Crippen LogP contribution in [0, 0.1) is 5.82 Å². The zero-order valence-electron chi connectivity index (χ0n) is 11.5. The van der Waals surface area contributed by atoms with Crippen molar-refractivity contribution in [2.24, 2.45) is 7.05 Å². The summed E-state index contributed by atoms with van der Waals surface area (Å²) in [6.07, 6.45) is 1.47. The van der Waals surface area contributed by atoms with Gasteiger partial charge in [0.15, 0.2) is 5.82 Å². The second-order valence-electron chi connectivity index (χ2n) is 4.55. The molecule has 20 heavy (non-hydrogen) atoms. The minimum Gasteiger partial charge on any atom is -0.309 e. The fourth-order valence-corrected chi connectivity index (χ4v) is 2.37. The van der Waals surface area contributed by atoms with Gasteiger partial charge < -0.3 is 5.32 Å². The Kier molecular flexibility index (Phi) is 5.19. The second kappa shape index (κ2) is 6.90. The summed E-state index contributed by atoms with van der Waals surface area (Å²) in [4.78, 5) is 1.41. The minimum atomic E-state index is -0.245. The first-order valence-corrected chi connectivity index (χ1v) is 7.31. The smallest absolute Gasteiger partial charge is 0.176 e. The third-order valence-electron chi connectivity index (χ3n) is 2.93. The Morgan fingerprint density at radius 3 is 2.90 bits per heavy atom. The number of halogens is 2. The van der Waals surface area contributed by atoms with Crippen LogP contribution in [0.25, 0.3) is 0 Å². The second-order valence-corrected chi connectivity index (χ2v) is 5.40. The number of tetrazole rings is 1. The van der Waals surface area contributed by atoms with Gasteiger partial charge in [-0.25, -0.2) is 4.39 Å².